The second kappa shape index (κ2) is 9.57. The molecule has 1 aromatic carbocycles. The lowest BCUT2D eigenvalue weighted by molar-refractivity contribution is -0.137. The number of aliphatic carboxylic acids is 2. The van der Waals surface area contributed by atoms with Gasteiger partial charge in [0.25, 0.3) is 0 Å². The van der Waals surface area contributed by atoms with Gasteiger partial charge >= 0.3 is 23.9 Å². The van der Waals surface area contributed by atoms with E-state index in [2.05, 4.69) is 0 Å². The highest BCUT2D eigenvalue weighted by atomic mass is 16.5. The SMILES string of the molecule is O=C(O)CC=COC(=O)c1ccccc1C(=O)OC=CCC(=O)O. The van der Waals surface area contributed by atoms with Crippen molar-refractivity contribution >= 4 is 23.9 Å². The van der Waals surface area contributed by atoms with Gasteiger partial charge in [0.1, 0.15) is 0 Å². The molecule has 8 heteroatoms. The summed E-state index contributed by atoms with van der Waals surface area (Å²) in [5.41, 5.74) is -0.150. The molecular formula is C16H14O8. The summed E-state index contributed by atoms with van der Waals surface area (Å²) in [6, 6.07) is 5.69. The van der Waals surface area contributed by atoms with E-state index < -0.39 is 23.9 Å². The van der Waals surface area contributed by atoms with Crippen molar-refractivity contribution in [1.29, 1.82) is 0 Å². The molecule has 0 unspecified atom stereocenters. The fraction of sp³-hybridized carbons (Fsp3) is 0.125. The Balaban J connectivity index is 2.76. The number of rotatable bonds is 8. The minimum absolute atomic E-state index is 0.0749. The summed E-state index contributed by atoms with van der Waals surface area (Å²) < 4.78 is 9.48. The molecule has 2 N–H and O–H groups in total. The van der Waals surface area contributed by atoms with Crippen LogP contribution in [0, 0.1) is 0 Å². The summed E-state index contributed by atoms with van der Waals surface area (Å²) in [5.74, 6) is -3.89. The first-order valence-electron chi connectivity index (χ1n) is 6.66. The van der Waals surface area contributed by atoms with Gasteiger partial charge in [-0.15, -0.1) is 0 Å². The predicted molar refractivity (Wildman–Crippen MR) is 80.1 cm³/mol. The number of carboxylic acids is 2. The highest BCUT2D eigenvalue weighted by Crippen LogP contribution is 2.12. The van der Waals surface area contributed by atoms with Gasteiger partial charge in [0, 0.05) is 0 Å². The fourth-order valence-corrected chi connectivity index (χ4v) is 1.48. The van der Waals surface area contributed by atoms with Crippen LogP contribution in [0.3, 0.4) is 0 Å². The zero-order valence-corrected chi connectivity index (χ0v) is 12.4. The molecule has 0 spiro atoms. The van der Waals surface area contributed by atoms with E-state index in [4.69, 9.17) is 19.7 Å². The first-order chi connectivity index (χ1) is 11.4. The maximum absolute atomic E-state index is 11.9. The van der Waals surface area contributed by atoms with E-state index in [-0.39, 0.29) is 24.0 Å². The molecule has 0 aromatic heterocycles. The van der Waals surface area contributed by atoms with Crippen molar-refractivity contribution in [3.8, 4) is 0 Å². The molecule has 0 radical (unpaired) electrons. The van der Waals surface area contributed by atoms with Gasteiger partial charge in [-0.2, -0.15) is 0 Å². The van der Waals surface area contributed by atoms with Gasteiger partial charge in [0.15, 0.2) is 0 Å². The summed E-state index contributed by atoms with van der Waals surface area (Å²) in [6.45, 7) is 0. The predicted octanol–water partition coefficient (Wildman–Crippen LogP) is 1.98. The molecule has 0 fully saturated rings. The van der Waals surface area contributed by atoms with E-state index in [9.17, 15) is 19.2 Å². The Kier molecular flexibility index (Phi) is 7.43. The molecule has 0 saturated carbocycles. The van der Waals surface area contributed by atoms with E-state index >= 15 is 0 Å². The number of ether oxygens (including phenoxy) is 2. The van der Waals surface area contributed by atoms with Crippen LogP contribution >= 0.6 is 0 Å². The molecule has 1 aromatic rings. The quantitative estimate of drug-likeness (QED) is 0.545. The van der Waals surface area contributed by atoms with Gasteiger partial charge in [-0.25, -0.2) is 9.59 Å². The average Bonchev–Trinajstić information content (AvgIpc) is 2.54. The van der Waals surface area contributed by atoms with Crippen molar-refractivity contribution in [3.05, 3.63) is 60.1 Å². The number of hydrogen-bond acceptors (Lipinski definition) is 6. The second-order valence-electron chi connectivity index (χ2n) is 4.30. The Hall–Kier alpha value is -3.42. The summed E-state index contributed by atoms with van der Waals surface area (Å²) in [6.07, 6.45) is 3.49. The van der Waals surface area contributed by atoms with Gasteiger partial charge < -0.3 is 19.7 Å². The highest BCUT2D eigenvalue weighted by Gasteiger charge is 2.18. The van der Waals surface area contributed by atoms with E-state index in [1.54, 1.807) is 0 Å². The number of benzene rings is 1. The second-order valence-corrected chi connectivity index (χ2v) is 4.30. The number of carboxylic acid groups (broad SMARTS) is 2. The molecule has 1 rings (SSSR count). The standard InChI is InChI=1S/C16H14O8/c17-13(18)7-3-9-23-15(21)11-5-1-2-6-12(11)16(22)24-10-4-8-14(19)20/h1-6,9-10H,7-8H2,(H,17,18)(H,19,20). The third-order valence-corrected chi connectivity index (χ3v) is 2.49. The molecule has 24 heavy (non-hydrogen) atoms. The summed E-state index contributed by atoms with van der Waals surface area (Å²) >= 11 is 0. The van der Waals surface area contributed by atoms with Crippen molar-refractivity contribution in [2.75, 3.05) is 0 Å². The van der Waals surface area contributed by atoms with Crippen LogP contribution in [0.15, 0.2) is 48.9 Å². The molecule has 126 valence electrons. The molecule has 0 heterocycles. The Bertz CT molecular complexity index is 628. The van der Waals surface area contributed by atoms with Crippen LogP contribution in [0.4, 0.5) is 0 Å². The van der Waals surface area contributed by atoms with E-state index in [0.717, 1.165) is 24.7 Å². The highest BCUT2D eigenvalue weighted by molar-refractivity contribution is 6.03. The summed E-state index contributed by atoms with van der Waals surface area (Å²) in [7, 11) is 0. The number of hydrogen-bond donors (Lipinski definition) is 2. The Labute approximate surface area is 136 Å². The molecule has 0 aliphatic carbocycles. The molecule has 8 nitrogen and oxygen atoms in total. The van der Waals surface area contributed by atoms with Crippen molar-refractivity contribution in [1.82, 2.24) is 0 Å². The largest absolute Gasteiger partial charge is 0.481 e. The van der Waals surface area contributed by atoms with Crippen LogP contribution in [-0.4, -0.2) is 34.1 Å². The average molecular weight is 334 g/mol. The molecular weight excluding hydrogens is 320 g/mol. The first kappa shape index (κ1) is 18.6. The topological polar surface area (TPSA) is 127 Å². The number of esters is 2. The van der Waals surface area contributed by atoms with Crippen LogP contribution in [0.2, 0.25) is 0 Å². The van der Waals surface area contributed by atoms with Crippen molar-refractivity contribution in [2.45, 2.75) is 12.8 Å². The molecule has 0 amide bonds. The lowest BCUT2D eigenvalue weighted by Gasteiger charge is -2.05. The van der Waals surface area contributed by atoms with Crippen LogP contribution in [0.25, 0.3) is 0 Å². The summed E-state index contributed by atoms with van der Waals surface area (Å²) in [4.78, 5) is 44.5. The van der Waals surface area contributed by atoms with Gasteiger partial charge in [-0.1, -0.05) is 12.1 Å². The van der Waals surface area contributed by atoms with Crippen molar-refractivity contribution in [2.24, 2.45) is 0 Å². The minimum Gasteiger partial charge on any atom is -0.481 e. The van der Waals surface area contributed by atoms with Crippen LogP contribution in [-0.2, 0) is 19.1 Å². The van der Waals surface area contributed by atoms with Crippen LogP contribution in [0.1, 0.15) is 33.6 Å². The van der Waals surface area contributed by atoms with E-state index in [1.807, 2.05) is 0 Å². The van der Waals surface area contributed by atoms with Crippen LogP contribution in [0.5, 0.6) is 0 Å². The fourth-order valence-electron chi connectivity index (χ4n) is 1.48. The van der Waals surface area contributed by atoms with Crippen molar-refractivity contribution in [3.63, 3.8) is 0 Å². The molecule has 0 aliphatic heterocycles. The zero-order chi connectivity index (χ0) is 17.9. The Morgan fingerprint density at radius 1 is 0.792 bits per heavy atom. The zero-order valence-electron chi connectivity index (χ0n) is 12.4. The van der Waals surface area contributed by atoms with Gasteiger partial charge in [0.05, 0.1) is 36.5 Å². The maximum Gasteiger partial charge on any atom is 0.343 e. The Morgan fingerprint density at radius 3 is 1.50 bits per heavy atom. The van der Waals surface area contributed by atoms with Gasteiger partial charge in [-0.05, 0) is 24.3 Å². The van der Waals surface area contributed by atoms with E-state index in [1.165, 1.54) is 24.3 Å². The third kappa shape index (κ3) is 6.56. The first-order valence-corrected chi connectivity index (χ1v) is 6.66. The molecule has 0 saturated heterocycles. The van der Waals surface area contributed by atoms with Gasteiger partial charge in [-0.3, -0.25) is 9.59 Å². The van der Waals surface area contributed by atoms with Crippen LogP contribution < -0.4 is 0 Å². The minimum atomic E-state index is -1.08. The third-order valence-electron chi connectivity index (χ3n) is 2.49. The lowest BCUT2D eigenvalue weighted by atomic mass is 10.1. The summed E-state index contributed by atoms with van der Waals surface area (Å²) in [5, 5.41) is 16.9. The number of carbonyl (C=O) groups is 4. The lowest BCUT2D eigenvalue weighted by Crippen LogP contribution is -2.11. The monoisotopic (exact) mass is 334 g/mol. The molecule has 0 aliphatic rings. The normalized spacial score (nSPS) is 10.7. The van der Waals surface area contributed by atoms with Crippen molar-refractivity contribution < 1.29 is 38.9 Å². The molecule has 0 atom stereocenters. The molecule has 0 bridgehead atoms. The van der Waals surface area contributed by atoms with Gasteiger partial charge in [0.2, 0.25) is 0 Å². The maximum atomic E-state index is 11.9. The number of carbonyl (C=O) groups excluding carboxylic acids is 2. The Morgan fingerprint density at radius 2 is 1.17 bits per heavy atom. The van der Waals surface area contributed by atoms with E-state index in [0.29, 0.717) is 0 Å². The smallest absolute Gasteiger partial charge is 0.343 e.